The van der Waals surface area contributed by atoms with Crippen molar-refractivity contribution in [1.29, 1.82) is 0 Å². The summed E-state index contributed by atoms with van der Waals surface area (Å²) in [5.41, 5.74) is 4.33. The highest BCUT2D eigenvalue weighted by Gasteiger charge is 2.46. The third kappa shape index (κ3) is 4.85. The standard InChI is InChI=1S/C17H22F4N2O.ClH/c1-10(2)16(4-3-14(22)8-16)15(24)23-9-11-5-12(17(19,20)21)7-13(18)6-11;/h5-7,10,14H,3-4,8-9,22H2,1-2H3,(H,23,24);1H/t14-,16+;/m1./s1. The molecular weight excluding hydrogens is 360 g/mol. The number of halogens is 5. The van der Waals surface area contributed by atoms with E-state index in [1.54, 1.807) is 0 Å². The molecule has 1 aromatic rings. The lowest BCUT2D eigenvalue weighted by Gasteiger charge is -2.32. The van der Waals surface area contributed by atoms with Gasteiger partial charge in [-0.1, -0.05) is 13.8 Å². The van der Waals surface area contributed by atoms with E-state index in [0.29, 0.717) is 18.9 Å². The first-order valence-electron chi connectivity index (χ1n) is 7.95. The van der Waals surface area contributed by atoms with Gasteiger partial charge in [0.25, 0.3) is 0 Å². The van der Waals surface area contributed by atoms with Crippen molar-refractivity contribution in [3.05, 3.63) is 35.1 Å². The first-order chi connectivity index (χ1) is 11.0. The number of rotatable bonds is 4. The molecule has 1 fully saturated rings. The van der Waals surface area contributed by atoms with Gasteiger partial charge < -0.3 is 11.1 Å². The fourth-order valence-electron chi connectivity index (χ4n) is 3.38. The summed E-state index contributed by atoms with van der Waals surface area (Å²) in [6.07, 6.45) is -2.69. The van der Waals surface area contributed by atoms with Gasteiger partial charge in [0, 0.05) is 12.6 Å². The van der Waals surface area contributed by atoms with E-state index in [1.165, 1.54) is 0 Å². The molecule has 0 spiro atoms. The van der Waals surface area contributed by atoms with Crippen LogP contribution in [0.1, 0.15) is 44.2 Å². The van der Waals surface area contributed by atoms with Gasteiger partial charge in [0.05, 0.1) is 11.0 Å². The van der Waals surface area contributed by atoms with Crippen molar-refractivity contribution >= 4 is 18.3 Å². The average Bonchev–Trinajstić information content (AvgIpc) is 2.87. The highest BCUT2D eigenvalue weighted by atomic mass is 35.5. The molecule has 0 unspecified atom stereocenters. The Balaban J connectivity index is 0.00000312. The van der Waals surface area contributed by atoms with Gasteiger partial charge in [-0.25, -0.2) is 4.39 Å². The van der Waals surface area contributed by atoms with E-state index in [4.69, 9.17) is 5.73 Å². The highest BCUT2D eigenvalue weighted by molar-refractivity contribution is 5.85. The molecule has 1 aliphatic rings. The summed E-state index contributed by atoms with van der Waals surface area (Å²) < 4.78 is 51.6. The van der Waals surface area contributed by atoms with E-state index in [1.807, 2.05) is 13.8 Å². The van der Waals surface area contributed by atoms with Crippen LogP contribution in [0.3, 0.4) is 0 Å². The summed E-state index contributed by atoms with van der Waals surface area (Å²) in [6.45, 7) is 3.71. The second-order valence-electron chi connectivity index (χ2n) is 6.84. The summed E-state index contributed by atoms with van der Waals surface area (Å²) in [5.74, 6) is -1.15. The van der Waals surface area contributed by atoms with Crippen LogP contribution in [-0.4, -0.2) is 11.9 Å². The maximum atomic E-state index is 13.4. The Kier molecular flexibility index (Phi) is 6.87. The predicted octanol–water partition coefficient (Wildman–Crippen LogP) is 4.04. The third-order valence-corrected chi connectivity index (χ3v) is 4.88. The molecule has 1 aromatic carbocycles. The van der Waals surface area contributed by atoms with E-state index in [2.05, 4.69) is 5.32 Å². The molecule has 0 aliphatic heterocycles. The van der Waals surface area contributed by atoms with Gasteiger partial charge in [-0.15, -0.1) is 12.4 Å². The van der Waals surface area contributed by atoms with Crippen molar-refractivity contribution in [1.82, 2.24) is 5.32 Å². The van der Waals surface area contributed by atoms with Crippen molar-refractivity contribution in [2.24, 2.45) is 17.1 Å². The Labute approximate surface area is 150 Å². The van der Waals surface area contributed by atoms with Gasteiger partial charge in [0.2, 0.25) is 5.91 Å². The summed E-state index contributed by atoms with van der Waals surface area (Å²) in [7, 11) is 0. The lowest BCUT2D eigenvalue weighted by molar-refractivity contribution is -0.137. The van der Waals surface area contributed by atoms with E-state index >= 15 is 0 Å². The fraction of sp³-hybridized carbons (Fsp3) is 0.588. The Morgan fingerprint density at radius 3 is 2.48 bits per heavy atom. The van der Waals surface area contributed by atoms with Crippen molar-refractivity contribution in [3.63, 3.8) is 0 Å². The Hall–Kier alpha value is -1.34. The minimum Gasteiger partial charge on any atom is -0.352 e. The zero-order valence-corrected chi connectivity index (χ0v) is 14.9. The van der Waals surface area contributed by atoms with E-state index < -0.39 is 23.0 Å². The number of nitrogens with one attached hydrogen (secondary N) is 1. The van der Waals surface area contributed by atoms with Gasteiger partial charge in [0.1, 0.15) is 5.82 Å². The molecule has 0 heterocycles. The molecule has 1 amide bonds. The molecule has 142 valence electrons. The van der Waals surface area contributed by atoms with Crippen LogP contribution in [0.2, 0.25) is 0 Å². The molecule has 1 saturated carbocycles. The predicted molar refractivity (Wildman–Crippen MR) is 89.6 cm³/mol. The summed E-state index contributed by atoms with van der Waals surface area (Å²) in [5, 5.41) is 2.66. The first-order valence-corrected chi connectivity index (χ1v) is 7.95. The fourth-order valence-corrected chi connectivity index (χ4v) is 3.38. The molecule has 1 aliphatic carbocycles. The van der Waals surface area contributed by atoms with Crippen LogP contribution in [0.5, 0.6) is 0 Å². The second kappa shape index (κ2) is 7.91. The first kappa shape index (κ1) is 21.7. The Morgan fingerprint density at radius 1 is 1.36 bits per heavy atom. The molecule has 0 saturated heterocycles. The van der Waals surface area contributed by atoms with Crippen molar-refractivity contribution < 1.29 is 22.4 Å². The van der Waals surface area contributed by atoms with Gasteiger partial charge in [-0.3, -0.25) is 4.79 Å². The Morgan fingerprint density at radius 2 is 2.00 bits per heavy atom. The number of hydrogen-bond donors (Lipinski definition) is 2. The summed E-state index contributed by atoms with van der Waals surface area (Å²) >= 11 is 0. The maximum Gasteiger partial charge on any atom is 0.416 e. The monoisotopic (exact) mass is 382 g/mol. The number of nitrogens with two attached hydrogens (primary N) is 1. The van der Waals surface area contributed by atoms with Crippen molar-refractivity contribution in [2.45, 2.75) is 51.9 Å². The molecule has 0 bridgehead atoms. The van der Waals surface area contributed by atoms with Crippen LogP contribution in [0.4, 0.5) is 17.6 Å². The van der Waals surface area contributed by atoms with Crippen molar-refractivity contribution in [2.75, 3.05) is 0 Å². The van der Waals surface area contributed by atoms with Crippen LogP contribution in [0.25, 0.3) is 0 Å². The molecule has 0 aromatic heterocycles. The third-order valence-electron chi connectivity index (χ3n) is 4.88. The zero-order valence-electron chi connectivity index (χ0n) is 14.1. The lowest BCUT2D eigenvalue weighted by Crippen LogP contribution is -2.43. The van der Waals surface area contributed by atoms with E-state index in [-0.39, 0.29) is 42.4 Å². The zero-order chi connectivity index (χ0) is 18.1. The van der Waals surface area contributed by atoms with Crippen LogP contribution < -0.4 is 11.1 Å². The number of benzene rings is 1. The summed E-state index contributed by atoms with van der Waals surface area (Å²) in [6, 6.07) is 2.24. The largest absolute Gasteiger partial charge is 0.416 e. The van der Waals surface area contributed by atoms with Crippen LogP contribution >= 0.6 is 12.4 Å². The summed E-state index contributed by atoms with van der Waals surface area (Å²) in [4.78, 5) is 12.6. The molecule has 0 radical (unpaired) electrons. The van der Waals surface area contributed by atoms with E-state index in [0.717, 1.165) is 18.6 Å². The highest BCUT2D eigenvalue weighted by Crippen LogP contribution is 2.44. The molecular formula is C17H23ClF4N2O. The minimum absolute atomic E-state index is 0. The quantitative estimate of drug-likeness (QED) is 0.772. The molecule has 3 nitrogen and oxygen atoms in total. The molecule has 2 rings (SSSR count). The molecule has 25 heavy (non-hydrogen) atoms. The number of carbonyl (C=O) groups excluding carboxylic acids is 1. The molecule has 3 N–H and O–H groups in total. The second-order valence-corrected chi connectivity index (χ2v) is 6.84. The lowest BCUT2D eigenvalue weighted by atomic mass is 9.74. The smallest absolute Gasteiger partial charge is 0.352 e. The van der Waals surface area contributed by atoms with Crippen LogP contribution in [0, 0.1) is 17.2 Å². The van der Waals surface area contributed by atoms with Gasteiger partial charge in [-0.2, -0.15) is 13.2 Å². The van der Waals surface area contributed by atoms with Crippen LogP contribution in [0.15, 0.2) is 18.2 Å². The number of carbonyl (C=O) groups is 1. The topological polar surface area (TPSA) is 55.1 Å². The molecule has 8 heteroatoms. The number of amides is 1. The van der Waals surface area contributed by atoms with Crippen molar-refractivity contribution in [3.8, 4) is 0 Å². The maximum absolute atomic E-state index is 13.4. The normalized spacial score (nSPS) is 23.4. The molecule has 2 atom stereocenters. The average molecular weight is 383 g/mol. The minimum atomic E-state index is -4.63. The Bertz CT molecular complexity index is 621. The van der Waals surface area contributed by atoms with Crippen LogP contribution in [-0.2, 0) is 17.5 Å². The van der Waals surface area contributed by atoms with Gasteiger partial charge in [0.15, 0.2) is 0 Å². The SMILES string of the molecule is CC(C)[C@]1(C(=O)NCc2cc(F)cc(C(F)(F)F)c2)CC[C@@H](N)C1.Cl. The number of alkyl halides is 3. The van der Waals surface area contributed by atoms with Gasteiger partial charge >= 0.3 is 6.18 Å². The number of hydrogen-bond acceptors (Lipinski definition) is 2. The van der Waals surface area contributed by atoms with E-state index in [9.17, 15) is 22.4 Å². The van der Waals surface area contributed by atoms with Gasteiger partial charge in [-0.05, 0) is 48.9 Å².